The monoisotopic (exact) mass is 428 g/mol. The molecule has 10 heteroatoms. The zero-order valence-electron chi connectivity index (χ0n) is 17.0. The van der Waals surface area contributed by atoms with E-state index in [1.807, 2.05) is 32.2 Å². The van der Waals surface area contributed by atoms with Crippen molar-refractivity contribution >= 4 is 33.9 Å². The standard InChI is InChI=1S/C20H24N6O3S/c1-12-6-4-10-26-16(13(2)22-17(12)26)18(28)21-9-3-8-15(27)23-20-25-24-19(30-20)14-7-5-11-29-14/h4,6,10,14H,3,5,7-9,11H2,1-2H3,(H,21,28)(H,23,25,27). The number of fused-ring (bicyclic) bond motifs is 1. The Morgan fingerprint density at radius 2 is 2.20 bits per heavy atom. The molecule has 9 nitrogen and oxygen atoms in total. The molecule has 1 atom stereocenters. The first-order chi connectivity index (χ1) is 14.5. The highest BCUT2D eigenvalue weighted by atomic mass is 32.1. The molecule has 0 saturated carbocycles. The van der Waals surface area contributed by atoms with Gasteiger partial charge in [-0.3, -0.25) is 14.0 Å². The van der Waals surface area contributed by atoms with Gasteiger partial charge < -0.3 is 15.4 Å². The Morgan fingerprint density at radius 3 is 3.00 bits per heavy atom. The number of carbonyl (C=O) groups excluding carboxylic acids is 2. The number of rotatable bonds is 7. The summed E-state index contributed by atoms with van der Waals surface area (Å²) in [5.41, 5.74) is 2.99. The molecule has 4 rings (SSSR count). The number of aryl methyl sites for hydroxylation is 2. The maximum atomic E-state index is 12.6. The van der Waals surface area contributed by atoms with Crippen LogP contribution in [0.5, 0.6) is 0 Å². The van der Waals surface area contributed by atoms with Crippen molar-refractivity contribution in [3.63, 3.8) is 0 Å². The molecule has 1 fully saturated rings. The van der Waals surface area contributed by atoms with Crippen molar-refractivity contribution in [1.82, 2.24) is 24.9 Å². The second kappa shape index (κ2) is 8.88. The fourth-order valence-corrected chi connectivity index (χ4v) is 4.34. The molecule has 30 heavy (non-hydrogen) atoms. The van der Waals surface area contributed by atoms with Gasteiger partial charge in [0.1, 0.15) is 22.5 Å². The summed E-state index contributed by atoms with van der Waals surface area (Å²) in [5, 5.41) is 15.0. The zero-order chi connectivity index (χ0) is 21.1. The number of imidazole rings is 1. The Balaban J connectivity index is 1.25. The molecule has 2 amide bonds. The van der Waals surface area contributed by atoms with Crippen molar-refractivity contribution < 1.29 is 14.3 Å². The first kappa shape index (κ1) is 20.4. The van der Waals surface area contributed by atoms with Gasteiger partial charge in [0, 0.05) is 25.8 Å². The van der Waals surface area contributed by atoms with E-state index in [0.717, 1.165) is 35.7 Å². The van der Waals surface area contributed by atoms with Gasteiger partial charge in [-0.15, -0.1) is 10.2 Å². The van der Waals surface area contributed by atoms with Gasteiger partial charge >= 0.3 is 0 Å². The molecule has 3 aromatic rings. The summed E-state index contributed by atoms with van der Waals surface area (Å²) in [5.74, 6) is -0.350. The van der Waals surface area contributed by atoms with Gasteiger partial charge in [0.15, 0.2) is 0 Å². The van der Waals surface area contributed by atoms with Crippen LogP contribution < -0.4 is 10.6 Å². The number of amides is 2. The fraction of sp³-hybridized carbons (Fsp3) is 0.450. The van der Waals surface area contributed by atoms with Gasteiger partial charge in [-0.25, -0.2) is 4.98 Å². The normalized spacial score (nSPS) is 16.1. The fourth-order valence-electron chi connectivity index (χ4n) is 3.49. The first-order valence-electron chi connectivity index (χ1n) is 10.0. The number of ether oxygens (including phenoxy) is 1. The smallest absolute Gasteiger partial charge is 0.270 e. The quantitative estimate of drug-likeness (QED) is 0.560. The Labute approximate surface area is 177 Å². The van der Waals surface area contributed by atoms with E-state index in [4.69, 9.17) is 4.74 Å². The Kier molecular flexibility index (Phi) is 6.05. The number of nitrogens with one attached hydrogen (secondary N) is 2. The molecule has 4 heterocycles. The highest BCUT2D eigenvalue weighted by Crippen LogP contribution is 2.31. The van der Waals surface area contributed by atoms with Crippen LogP contribution in [-0.4, -0.2) is 44.5 Å². The lowest BCUT2D eigenvalue weighted by Gasteiger charge is -2.06. The minimum atomic E-state index is -0.198. The molecule has 1 aliphatic heterocycles. The van der Waals surface area contributed by atoms with Gasteiger partial charge in [-0.05, 0) is 44.7 Å². The molecular weight excluding hydrogens is 404 g/mol. The number of aromatic nitrogens is 4. The highest BCUT2D eigenvalue weighted by Gasteiger charge is 2.22. The van der Waals surface area contributed by atoms with E-state index < -0.39 is 0 Å². The maximum absolute atomic E-state index is 12.6. The van der Waals surface area contributed by atoms with E-state index in [-0.39, 0.29) is 24.3 Å². The maximum Gasteiger partial charge on any atom is 0.270 e. The molecule has 158 valence electrons. The van der Waals surface area contributed by atoms with Crippen molar-refractivity contribution in [3.8, 4) is 0 Å². The molecule has 0 aromatic carbocycles. The Bertz CT molecular complexity index is 1070. The van der Waals surface area contributed by atoms with Crippen LogP contribution in [0.4, 0.5) is 5.13 Å². The summed E-state index contributed by atoms with van der Waals surface area (Å²) < 4.78 is 7.38. The van der Waals surface area contributed by atoms with Crippen LogP contribution in [0.1, 0.15) is 58.5 Å². The lowest BCUT2D eigenvalue weighted by atomic mass is 10.2. The molecular formula is C20H24N6O3S. The minimum absolute atomic E-state index is 0.00441. The van der Waals surface area contributed by atoms with Crippen molar-refractivity contribution in [2.24, 2.45) is 0 Å². The highest BCUT2D eigenvalue weighted by molar-refractivity contribution is 7.15. The Hall–Kier alpha value is -2.85. The zero-order valence-corrected chi connectivity index (χ0v) is 17.8. The number of hydrogen-bond acceptors (Lipinski definition) is 7. The van der Waals surface area contributed by atoms with E-state index >= 15 is 0 Å². The summed E-state index contributed by atoms with van der Waals surface area (Å²) in [4.78, 5) is 29.3. The topological polar surface area (TPSA) is 111 Å². The van der Waals surface area contributed by atoms with E-state index in [1.165, 1.54) is 11.3 Å². The second-order valence-electron chi connectivity index (χ2n) is 7.29. The van der Waals surface area contributed by atoms with Crippen LogP contribution in [0.25, 0.3) is 5.65 Å². The summed E-state index contributed by atoms with van der Waals surface area (Å²) in [6.45, 7) is 4.92. The van der Waals surface area contributed by atoms with E-state index in [2.05, 4.69) is 25.8 Å². The van der Waals surface area contributed by atoms with Crippen molar-refractivity contribution in [3.05, 3.63) is 40.3 Å². The van der Waals surface area contributed by atoms with Crippen LogP contribution in [0.2, 0.25) is 0 Å². The van der Waals surface area contributed by atoms with Crippen LogP contribution >= 0.6 is 11.3 Å². The lowest BCUT2D eigenvalue weighted by Crippen LogP contribution is -2.27. The third-order valence-corrected chi connectivity index (χ3v) is 5.92. The van der Waals surface area contributed by atoms with Crippen molar-refractivity contribution in [2.75, 3.05) is 18.5 Å². The predicted molar refractivity (Wildman–Crippen MR) is 113 cm³/mol. The number of anilines is 1. The van der Waals surface area contributed by atoms with E-state index in [1.54, 1.807) is 4.40 Å². The van der Waals surface area contributed by atoms with Gasteiger partial charge in [-0.1, -0.05) is 17.4 Å². The molecule has 0 aliphatic carbocycles. The van der Waals surface area contributed by atoms with E-state index in [0.29, 0.717) is 29.5 Å². The summed E-state index contributed by atoms with van der Waals surface area (Å²) in [6.07, 6.45) is 4.58. The molecule has 0 radical (unpaired) electrons. The number of pyridine rings is 1. The summed E-state index contributed by atoms with van der Waals surface area (Å²) >= 11 is 1.35. The van der Waals surface area contributed by atoms with Gasteiger partial charge in [0.05, 0.1) is 5.69 Å². The van der Waals surface area contributed by atoms with Crippen molar-refractivity contribution in [2.45, 2.75) is 45.6 Å². The predicted octanol–water partition coefficient (Wildman–Crippen LogP) is 2.80. The van der Waals surface area contributed by atoms with Crippen LogP contribution in [-0.2, 0) is 9.53 Å². The van der Waals surface area contributed by atoms with Gasteiger partial charge in [0.2, 0.25) is 11.0 Å². The second-order valence-corrected chi connectivity index (χ2v) is 8.29. The number of carbonyl (C=O) groups is 2. The Morgan fingerprint density at radius 1 is 1.33 bits per heavy atom. The number of hydrogen-bond donors (Lipinski definition) is 2. The molecule has 1 unspecified atom stereocenters. The average Bonchev–Trinajstić information content (AvgIpc) is 3.45. The third kappa shape index (κ3) is 4.34. The van der Waals surface area contributed by atoms with Gasteiger partial charge in [-0.2, -0.15) is 0 Å². The lowest BCUT2D eigenvalue weighted by molar-refractivity contribution is -0.116. The molecule has 1 aliphatic rings. The molecule has 0 spiro atoms. The number of nitrogens with zero attached hydrogens (tertiary/aromatic N) is 4. The summed E-state index contributed by atoms with van der Waals surface area (Å²) in [6, 6.07) is 3.85. The molecule has 1 saturated heterocycles. The molecule has 2 N–H and O–H groups in total. The third-order valence-electron chi connectivity index (χ3n) is 4.99. The van der Waals surface area contributed by atoms with Crippen molar-refractivity contribution in [1.29, 1.82) is 0 Å². The molecule has 3 aromatic heterocycles. The van der Waals surface area contributed by atoms with Crippen LogP contribution in [0.3, 0.4) is 0 Å². The minimum Gasteiger partial charge on any atom is -0.371 e. The largest absolute Gasteiger partial charge is 0.371 e. The summed E-state index contributed by atoms with van der Waals surface area (Å²) in [7, 11) is 0. The van der Waals surface area contributed by atoms with Crippen LogP contribution in [0.15, 0.2) is 18.3 Å². The van der Waals surface area contributed by atoms with Crippen LogP contribution in [0, 0.1) is 13.8 Å². The molecule has 0 bridgehead atoms. The van der Waals surface area contributed by atoms with Gasteiger partial charge in [0.25, 0.3) is 5.91 Å². The first-order valence-corrected chi connectivity index (χ1v) is 10.8. The average molecular weight is 429 g/mol. The van der Waals surface area contributed by atoms with E-state index in [9.17, 15) is 9.59 Å². The SMILES string of the molecule is Cc1nc2c(C)cccn2c1C(=O)NCCCC(=O)Nc1nnc(C2CCCO2)s1.